The van der Waals surface area contributed by atoms with Crippen molar-refractivity contribution in [2.45, 2.75) is 170 Å². The molecular formula is C75H98N14O15S2. The number of hydrogen-bond acceptors (Lipinski definition) is 19. The van der Waals surface area contributed by atoms with Gasteiger partial charge in [0, 0.05) is 73.3 Å². The fourth-order valence-electron chi connectivity index (χ4n) is 11.6. The van der Waals surface area contributed by atoms with Gasteiger partial charge in [0.2, 0.25) is 59.1 Å². The largest absolute Gasteiger partial charge is 0.480 e. The van der Waals surface area contributed by atoms with E-state index in [1.165, 1.54) is 14.0 Å². The number of aliphatic hydroxyl groups is 3. The van der Waals surface area contributed by atoms with E-state index < -0.39 is 150 Å². The third-order valence-electron chi connectivity index (χ3n) is 17.6. The van der Waals surface area contributed by atoms with Crippen LogP contribution < -0.4 is 69.5 Å². The molecule has 13 atom stereocenters. The van der Waals surface area contributed by atoms with Crippen LogP contribution in [0.1, 0.15) is 80.3 Å². The van der Waals surface area contributed by atoms with Crippen LogP contribution in [0, 0.1) is 0 Å². The average Bonchev–Trinajstić information content (AvgIpc) is 1.64. The summed E-state index contributed by atoms with van der Waals surface area (Å²) in [5.41, 5.74) is 10.2. The van der Waals surface area contributed by atoms with Gasteiger partial charge in [0.1, 0.15) is 60.4 Å². The molecule has 1 saturated heterocycles. The maximum absolute atomic E-state index is 15.6. The molecule has 0 saturated carbocycles. The lowest BCUT2D eigenvalue weighted by atomic mass is 9.99. The van der Waals surface area contributed by atoms with Crippen LogP contribution >= 0.6 is 21.6 Å². The number of benzene rings is 5. The molecule has 10 amide bonds. The molecule has 106 heavy (non-hydrogen) atoms. The van der Waals surface area contributed by atoms with Gasteiger partial charge in [0.25, 0.3) is 0 Å². The lowest BCUT2D eigenvalue weighted by molar-refractivity contribution is -0.142. The van der Waals surface area contributed by atoms with Crippen molar-refractivity contribution in [1.29, 1.82) is 0 Å². The van der Waals surface area contributed by atoms with Crippen LogP contribution in [0.15, 0.2) is 146 Å². The first-order chi connectivity index (χ1) is 50.8. The van der Waals surface area contributed by atoms with Gasteiger partial charge < -0.3 is 94.9 Å². The van der Waals surface area contributed by atoms with Crippen molar-refractivity contribution in [2.24, 2.45) is 5.73 Å². The van der Waals surface area contributed by atoms with E-state index in [2.05, 4.69) is 68.8 Å². The van der Waals surface area contributed by atoms with Crippen LogP contribution in [0.25, 0.3) is 10.9 Å². The van der Waals surface area contributed by atoms with E-state index in [0.29, 0.717) is 58.1 Å². The summed E-state index contributed by atoms with van der Waals surface area (Å²) in [6, 6.07) is 23.0. The number of carboxylic acid groups (broad SMARTS) is 1. The van der Waals surface area contributed by atoms with Gasteiger partial charge in [-0.1, -0.05) is 169 Å². The Morgan fingerprint density at radius 2 is 0.849 bits per heavy atom. The van der Waals surface area contributed by atoms with E-state index in [1.807, 2.05) is 44.2 Å². The van der Waals surface area contributed by atoms with Crippen molar-refractivity contribution in [2.75, 3.05) is 31.7 Å². The minimum Gasteiger partial charge on any atom is -0.480 e. The van der Waals surface area contributed by atoms with E-state index in [4.69, 9.17) is 5.73 Å². The summed E-state index contributed by atoms with van der Waals surface area (Å²) in [4.78, 5) is 163. The predicted molar refractivity (Wildman–Crippen MR) is 403 cm³/mol. The van der Waals surface area contributed by atoms with Gasteiger partial charge in [-0.25, -0.2) is 4.79 Å². The Balaban J connectivity index is 1.32. The molecule has 570 valence electrons. The van der Waals surface area contributed by atoms with Crippen molar-refractivity contribution in [3.05, 3.63) is 179 Å². The molecule has 0 bridgehead atoms. The van der Waals surface area contributed by atoms with Crippen LogP contribution in [0.2, 0.25) is 0 Å². The normalized spacial score (nSPS) is 23.7. The molecule has 1 fully saturated rings. The molecule has 7 rings (SSSR count). The van der Waals surface area contributed by atoms with Gasteiger partial charge >= 0.3 is 5.97 Å². The Labute approximate surface area is 623 Å². The van der Waals surface area contributed by atoms with E-state index in [-0.39, 0.29) is 62.6 Å². The van der Waals surface area contributed by atoms with Gasteiger partial charge in [-0.2, -0.15) is 0 Å². The molecule has 1 aromatic heterocycles. The quantitative estimate of drug-likeness (QED) is 0.0314. The number of aliphatic carboxylic acids is 1. The first kappa shape index (κ1) is 83.5. The number of carbonyl (C=O) groups is 11. The van der Waals surface area contributed by atoms with Crippen molar-refractivity contribution in [1.82, 2.24) is 68.8 Å². The Morgan fingerprint density at radius 3 is 1.29 bits per heavy atom. The Kier molecular flexibility index (Phi) is 33.4. The van der Waals surface area contributed by atoms with Crippen LogP contribution in [0.3, 0.4) is 0 Å². The third-order valence-corrected chi connectivity index (χ3v) is 20.1. The molecule has 0 radical (unpaired) electrons. The molecule has 29 nitrogen and oxygen atoms in total. The number of nitrogens with one attached hydrogen (secondary N) is 13. The van der Waals surface area contributed by atoms with Crippen LogP contribution in [-0.4, -0.2) is 207 Å². The van der Waals surface area contributed by atoms with Crippen molar-refractivity contribution in [3.63, 3.8) is 0 Å². The number of H-pyrrole nitrogens is 1. The Bertz CT molecular complexity index is 3900. The molecule has 31 heteroatoms. The average molecular weight is 1500 g/mol. The number of hydrogen-bond donors (Lipinski definition) is 18. The SMILES string of the molecule is CNC1CSSCC(C(=O)O)NC(=O)C(CO)NC(=O)C(C(C)O)NC(=O)C(Cc2ccccc2)NC(=O)C(C(C)O)NC(=O)C(Cc2ccc(CNC(C)C)cc2)NC(=O)C(Cc2c[nH]c3ccccc23)NC(=O)C(Cc2ccccc2)NC(=O)C(Cc2ccccc2)NC(=O)C(CCCCN)NC1=O. The fraction of sp³-hybridized carbons (Fsp3) is 0.427. The van der Waals surface area contributed by atoms with E-state index in [1.54, 1.807) is 115 Å². The van der Waals surface area contributed by atoms with E-state index in [0.717, 1.165) is 34.1 Å². The zero-order valence-corrected chi connectivity index (χ0v) is 61.4. The number of aliphatic hydroxyl groups excluding tert-OH is 3. The van der Waals surface area contributed by atoms with E-state index in [9.17, 15) is 54.0 Å². The molecule has 1 aliphatic rings. The number of para-hydroxylation sites is 1. The van der Waals surface area contributed by atoms with Gasteiger partial charge in [-0.3, -0.25) is 47.9 Å². The van der Waals surface area contributed by atoms with Crippen LogP contribution in [-0.2, 0) is 91.4 Å². The number of rotatable bonds is 22. The molecule has 0 aliphatic carbocycles. The Morgan fingerprint density at radius 1 is 0.462 bits per heavy atom. The fourth-order valence-corrected chi connectivity index (χ4v) is 14.0. The van der Waals surface area contributed by atoms with E-state index >= 15 is 19.2 Å². The maximum Gasteiger partial charge on any atom is 0.327 e. The summed E-state index contributed by atoms with van der Waals surface area (Å²) in [5, 5.41) is 76.4. The summed E-state index contributed by atoms with van der Waals surface area (Å²) in [6.07, 6.45) is -1.90. The second-order valence-electron chi connectivity index (χ2n) is 26.3. The maximum atomic E-state index is 15.6. The van der Waals surface area contributed by atoms with Crippen LogP contribution in [0.5, 0.6) is 0 Å². The van der Waals surface area contributed by atoms with Crippen molar-refractivity contribution >= 4 is 97.5 Å². The number of amides is 10. The van der Waals surface area contributed by atoms with Gasteiger partial charge in [-0.15, -0.1) is 0 Å². The predicted octanol–water partition coefficient (Wildman–Crippen LogP) is -0.0223. The summed E-state index contributed by atoms with van der Waals surface area (Å²) in [6.45, 7) is 5.96. The number of aromatic amines is 1. The molecule has 19 N–H and O–H groups in total. The number of nitrogens with two attached hydrogens (primary N) is 1. The number of unbranched alkanes of at least 4 members (excludes halogenated alkanes) is 1. The minimum absolute atomic E-state index is 0.0293. The van der Waals surface area contributed by atoms with Gasteiger partial charge in [0.15, 0.2) is 0 Å². The number of likely N-dealkylation sites (N-methyl/N-ethyl adjacent to an activating group) is 1. The van der Waals surface area contributed by atoms with Crippen molar-refractivity contribution in [3.8, 4) is 0 Å². The molecule has 6 aromatic rings. The summed E-state index contributed by atoms with van der Waals surface area (Å²) in [7, 11) is 3.47. The lowest BCUT2D eigenvalue weighted by Crippen LogP contribution is -2.63. The molecule has 13 unspecified atom stereocenters. The topological polar surface area (TPSA) is 455 Å². The highest BCUT2D eigenvalue weighted by molar-refractivity contribution is 8.76. The number of carboxylic acids is 1. The summed E-state index contributed by atoms with van der Waals surface area (Å²) < 4.78 is 0. The first-order valence-corrected chi connectivity index (χ1v) is 37.7. The number of fused-ring (bicyclic) bond motifs is 1. The molecule has 1 aliphatic heterocycles. The summed E-state index contributed by atoms with van der Waals surface area (Å²) >= 11 is 0. The van der Waals surface area contributed by atoms with Crippen LogP contribution in [0.4, 0.5) is 0 Å². The second kappa shape index (κ2) is 42.4. The molecular weight excluding hydrogens is 1400 g/mol. The summed E-state index contributed by atoms with van der Waals surface area (Å²) in [5.74, 6) is -11.5. The Hall–Kier alpha value is -9.73. The lowest BCUT2D eigenvalue weighted by Gasteiger charge is -2.29. The smallest absolute Gasteiger partial charge is 0.327 e. The zero-order valence-electron chi connectivity index (χ0n) is 59.8. The van der Waals surface area contributed by atoms with Crippen molar-refractivity contribution < 1.29 is 73.2 Å². The molecule has 2 heterocycles. The standard InChI is InChI=1S/C75H98N14O15S2/c1-43(2)78-38-50-30-28-49(29-31-50)36-57-69(97)88-63(44(3)91)73(101)85-58(35-48-23-13-8-14-24-48)70(98)89-64(45(4)92)74(102)86-60(40-90)71(99)87-62(75(103)104)42-106-105-41-61(77-5)72(100)80-54(27-17-18-32-76)65(93)81-55(33-46-19-9-6-10-20-46)66(94)82-56(34-47-21-11-7-12-22-47)67(95)84-59(68(96)83-57)37-51-39-79-53-26-16-15-25-52(51)53/h6-16,19-26,28-31,39,43-45,54-64,77-79,90-92H,17-18,27,32-38,40-42,76H2,1-5H3,(H,80,100)(H,81,93)(H,82,94)(H,83,96)(H,84,95)(H,85,101)(H,86,102)(H,87,99)(H,88,97)(H,89,98)(H,103,104). The third kappa shape index (κ3) is 26.1. The first-order valence-electron chi connectivity index (χ1n) is 35.2. The highest BCUT2D eigenvalue weighted by Gasteiger charge is 2.39. The zero-order chi connectivity index (χ0) is 76.8. The monoisotopic (exact) mass is 1500 g/mol. The number of carbonyl (C=O) groups excluding carboxylic acids is 10. The highest BCUT2D eigenvalue weighted by atomic mass is 33.1. The minimum atomic E-state index is -1.90. The van der Waals surface area contributed by atoms with Gasteiger partial charge in [-0.05, 0) is 86.1 Å². The molecule has 5 aromatic carbocycles. The molecule has 0 spiro atoms. The second-order valence-corrected chi connectivity index (χ2v) is 28.9. The van der Waals surface area contributed by atoms with Gasteiger partial charge in [0.05, 0.1) is 24.9 Å². The highest BCUT2D eigenvalue weighted by Crippen LogP contribution is 2.24. The number of aromatic nitrogens is 1.